The van der Waals surface area contributed by atoms with Crippen molar-refractivity contribution in [2.45, 2.75) is 38.3 Å². The zero-order valence-corrected chi connectivity index (χ0v) is 19.6. The number of benzene rings is 2. The topological polar surface area (TPSA) is 100 Å². The highest BCUT2D eigenvalue weighted by molar-refractivity contribution is 5.82. The molecule has 0 spiro atoms. The first kappa shape index (κ1) is 23.7. The Bertz CT molecular complexity index is 1240. The van der Waals surface area contributed by atoms with Crippen molar-refractivity contribution in [2.24, 2.45) is 7.05 Å². The summed E-state index contributed by atoms with van der Waals surface area (Å²) >= 11 is 0. The molecular formula is C26H30N4O4. The Hall–Kier alpha value is -3.41. The maximum Gasteiger partial charge on any atom is 0.419 e. The molecule has 1 N–H and O–H groups in total. The summed E-state index contributed by atoms with van der Waals surface area (Å²) in [4.78, 5) is 26.8. The molecule has 34 heavy (non-hydrogen) atoms. The normalized spacial score (nSPS) is 17.7. The maximum atomic E-state index is 12.8. The molecular weight excluding hydrogens is 432 g/mol. The summed E-state index contributed by atoms with van der Waals surface area (Å²) < 4.78 is 12.4. The first-order valence-electron chi connectivity index (χ1n) is 11.7. The number of aromatic nitrogens is 1. The molecule has 1 aromatic heterocycles. The van der Waals surface area contributed by atoms with Crippen molar-refractivity contribution in [2.75, 3.05) is 26.2 Å². The van der Waals surface area contributed by atoms with Gasteiger partial charge in [0.1, 0.15) is 12.1 Å². The van der Waals surface area contributed by atoms with E-state index in [4.69, 9.17) is 9.15 Å². The second-order valence-electron chi connectivity index (χ2n) is 8.71. The third-order valence-electron chi connectivity index (χ3n) is 6.18. The number of amides is 1. The van der Waals surface area contributed by atoms with Gasteiger partial charge in [-0.2, -0.15) is 5.26 Å². The fourth-order valence-corrected chi connectivity index (χ4v) is 4.34. The number of aryl methyl sites for hydroxylation is 1. The third kappa shape index (κ3) is 5.38. The van der Waals surface area contributed by atoms with Gasteiger partial charge in [0, 0.05) is 33.2 Å². The van der Waals surface area contributed by atoms with Crippen molar-refractivity contribution in [3.63, 3.8) is 0 Å². The summed E-state index contributed by atoms with van der Waals surface area (Å²) in [7, 11) is 1.68. The van der Waals surface area contributed by atoms with E-state index in [0.717, 1.165) is 48.1 Å². The minimum atomic E-state index is -0.637. The van der Waals surface area contributed by atoms with Crippen LogP contribution in [0.2, 0.25) is 0 Å². The Morgan fingerprint density at radius 1 is 1.24 bits per heavy atom. The molecule has 2 heterocycles. The summed E-state index contributed by atoms with van der Waals surface area (Å²) in [6.45, 7) is 5.09. The van der Waals surface area contributed by atoms with Crippen molar-refractivity contribution in [3.05, 3.63) is 58.6 Å². The lowest BCUT2D eigenvalue weighted by atomic mass is 10.0. The van der Waals surface area contributed by atoms with Crippen molar-refractivity contribution in [1.29, 1.82) is 5.26 Å². The molecule has 1 fully saturated rings. The average molecular weight is 463 g/mol. The van der Waals surface area contributed by atoms with E-state index in [1.807, 2.05) is 36.4 Å². The van der Waals surface area contributed by atoms with E-state index in [1.54, 1.807) is 13.1 Å². The molecule has 1 saturated heterocycles. The van der Waals surface area contributed by atoms with E-state index in [-0.39, 0.29) is 11.7 Å². The van der Waals surface area contributed by atoms with Crippen LogP contribution in [0.4, 0.5) is 0 Å². The van der Waals surface area contributed by atoms with Crippen LogP contribution in [0, 0.1) is 11.3 Å². The summed E-state index contributed by atoms with van der Waals surface area (Å²) in [6, 6.07) is 15.0. The Kier molecular flexibility index (Phi) is 7.46. The molecule has 3 aromatic rings. The lowest BCUT2D eigenvalue weighted by molar-refractivity contribution is -0.133. The first-order valence-corrected chi connectivity index (χ1v) is 11.7. The molecule has 0 saturated carbocycles. The number of fused-ring (bicyclic) bond motifs is 1. The fraction of sp³-hybridized carbons (Fsp3) is 0.423. The monoisotopic (exact) mass is 462 g/mol. The van der Waals surface area contributed by atoms with Gasteiger partial charge in [-0.05, 0) is 48.2 Å². The standard InChI is InChI=1S/C26H30N4O4/c1-3-11-30-12-4-13-33-24(17-30)25(31)28-21(16-27)14-18-5-7-19(8-6-18)20-9-10-23-22(15-20)29(2)26(32)34-23/h5-10,15,21,24H,3-4,11-14,17H2,1-2H3,(H,28,31)/t21-,24-/m0/s1. The number of nitrogens with one attached hydrogen (secondary N) is 1. The van der Waals surface area contributed by atoms with Gasteiger partial charge in [0.2, 0.25) is 0 Å². The van der Waals surface area contributed by atoms with Crippen LogP contribution in [0.1, 0.15) is 25.3 Å². The Balaban J connectivity index is 1.41. The highest BCUT2D eigenvalue weighted by Gasteiger charge is 2.26. The summed E-state index contributed by atoms with van der Waals surface area (Å²) in [5.41, 5.74) is 4.18. The molecule has 0 aliphatic carbocycles. The highest BCUT2D eigenvalue weighted by Crippen LogP contribution is 2.24. The smallest absolute Gasteiger partial charge is 0.408 e. The van der Waals surface area contributed by atoms with Crippen LogP contribution in [0.15, 0.2) is 51.7 Å². The van der Waals surface area contributed by atoms with Gasteiger partial charge in [0.15, 0.2) is 5.58 Å². The third-order valence-corrected chi connectivity index (χ3v) is 6.18. The van der Waals surface area contributed by atoms with Crippen LogP contribution in [0.5, 0.6) is 0 Å². The van der Waals surface area contributed by atoms with Crippen LogP contribution >= 0.6 is 0 Å². The van der Waals surface area contributed by atoms with Crippen LogP contribution in [-0.2, 0) is 23.0 Å². The largest absolute Gasteiger partial charge is 0.419 e. The number of oxazole rings is 1. The fourth-order valence-electron chi connectivity index (χ4n) is 4.34. The van der Waals surface area contributed by atoms with Crippen molar-refractivity contribution in [3.8, 4) is 17.2 Å². The second kappa shape index (κ2) is 10.7. The molecule has 0 bridgehead atoms. The quantitative estimate of drug-likeness (QED) is 0.580. The molecule has 8 heteroatoms. The Morgan fingerprint density at radius 2 is 2.00 bits per heavy atom. The zero-order chi connectivity index (χ0) is 24.1. The summed E-state index contributed by atoms with van der Waals surface area (Å²) in [6.07, 6.45) is 1.78. The predicted octanol–water partition coefficient (Wildman–Crippen LogP) is 2.85. The lowest BCUT2D eigenvalue weighted by Gasteiger charge is -2.23. The number of carbonyl (C=O) groups is 1. The molecule has 4 rings (SSSR count). The molecule has 2 atom stereocenters. The number of nitrogens with zero attached hydrogens (tertiary/aromatic N) is 3. The number of hydrogen-bond donors (Lipinski definition) is 1. The van der Waals surface area contributed by atoms with Crippen molar-refractivity contribution in [1.82, 2.24) is 14.8 Å². The molecule has 1 aliphatic rings. The first-order chi connectivity index (χ1) is 16.5. The molecule has 0 unspecified atom stereocenters. The number of carbonyl (C=O) groups excluding carboxylic acids is 1. The van der Waals surface area contributed by atoms with Gasteiger partial charge in [0.05, 0.1) is 11.6 Å². The van der Waals surface area contributed by atoms with E-state index in [1.165, 1.54) is 4.57 Å². The predicted molar refractivity (Wildman–Crippen MR) is 129 cm³/mol. The summed E-state index contributed by atoms with van der Waals surface area (Å²) in [5, 5.41) is 12.5. The van der Waals surface area contributed by atoms with Gasteiger partial charge in [-0.25, -0.2) is 4.79 Å². The summed E-state index contributed by atoms with van der Waals surface area (Å²) in [5.74, 6) is -0.621. The van der Waals surface area contributed by atoms with Crippen LogP contribution in [-0.4, -0.2) is 53.8 Å². The molecule has 0 radical (unpaired) electrons. The SMILES string of the molecule is CCCN1CCCO[C@H](C(=O)N[C@H](C#N)Cc2ccc(-c3ccc4oc(=O)n(C)c4c3)cc2)C1. The van der Waals surface area contributed by atoms with Gasteiger partial charge < -0.3 is 19.4 Å². The Labute approximate surface area is 198 Å². The maximum absolute atomic E-state index is 12.8. The molecule has 2 aromatic carbocycles. The van der Waals surface area contributed by atoms with E-state index < -0.39 is 12.1 Å². The van der Waals surface area contributed by atoms with E-state index >= 15 is 0 Å². The van der Waals surface area contributed by atoms with Gasteiger partial charge in [-0.1, -0.05) is 37.3 Å². The minimum Gasteiger partial charge on any atom is -0.408 e. The highest BCUT2D eigenvalue weighted by atomic mass is 16.5. The molecule has 8 nitrogen and oxygen atoms in total. The van der Waals surface area contributed by atoms with Crippen molar-refractivity contribution >= 4 is 17.0 Å². The molecule has 178 valence electrons. The van der Waals surface area contributed by atoms with Gasteiger partial charge in [-0.15, -0.1) is 0 Å². The second-order valence-corrected chi connectivity index (χ2v) is 8.71. The number of hydrogen-bond acceptors (Lipinski definition) is 6. The number of nitriles is 1. The average Bonchev–Trinajstić information content (AvgIpc) is 3.00. The van der Waals surface area contributed by atoms with E-state index in [9.17, 15) is 14.9 Å². The Morgan fingerprint density at radius 3 is 2.74 bits per heavy atom. The lowest BCUT2D eigenvalue weighted by Crippen LogP contribution is -2.47. The van der Waals surface area contributed by atoms with Crippen LogP contribution in [0.3, 0.4) is 0 Å². The van der Waals surface area contributed by atoms with E-state index in [2.05, 4.69) is 23.2 Å². The zero-order valence-electron chi connectivity index (χ0n) is 19.6. The number of rotatable bonds is 7. The van der Waals surface area contributed by atoms with Gasteiger partial charge >= 0.3 is 5.76 Å². The minimum absolute atomic E-state index is 0.231. The number of ether oxygens (including phenoxy) is 1. The van der Waals surface area contributed by atoms with Gasteiger partial charge in [-0.3, -0.25) is 9.36 Å². The molecule has 1 aliphatic heterocycles. The van der Waals surface area contributed by atoms with Gasteiger partial charge in [0.25, 0.3) is 5.91 Å². The molecule has 1 amide bonds. The van der Waals surface area contributed by atoms with Crippen LogP contribution < -0.4 is 11.1 Å². The van der Waals surface area contributed by atoms with E-state index in [0.29, 0.717) is 25.2 Å². The van der Waals surface area contributed by atoms with Crippen molar-refractivity contribution < 1.29 is 13.9 Å². The van der Waals surface area contributed by atoms with Crippen LogP contribution in [0.25, 0.3) is 22.2 Å².